The summed E-state index contributed by atoms with van der Waals surface area (Å²) in [5, 5.41) is 22.9. The molecule has 2 amide bonds. The molecule has 0 aliphatic carbocycles. The highest BCUT2D eigenvalue weighted by Crippen LogP contribution is 2.58. The van der Waals surface area contributed by atoms with Crippen LogP contribution in [-0.4, -0.2) is 45.1 Å². The summed E-state index contributed by atoms with van der Waals surface area (Å²) in [6.45, 7) is 4.89. The van der Waals surface area contributed by atoms with Gasteiger partial charge in [-0.1, -0.05) is 37.4 Å². The van der Waals surface area contributed by atoms with Crippen LogP contribution in [0.4, 0.5) is 0 Å². The smallest absolute Gasteiger partial charge is 0.279 e. The third-order valence-corrected chi connectivity index (χ3v) is 6.37. The molecular weight excluding hydrogens is 348 g/mol. The van der Waals surface area contributed by atoms with E-state index < -0.39 is 0 Å². The first-order valence-electron chi connectivity index (χ1n) is 7.78. The highest BCUT2D eigenvalue weighted by molar-refractivity contribution is 8.25. The Morgan fingerprint density at radius 2 is 1.29 bits per heavy atom. The third-order valence-electron chi connectivity index (χ3n) is 3.72. The predicted molar refractivity (Wildman–Crippen MR) is 92.5 cm³/mol. The quantitative estimate of drug-likeness (QED) is 0.484. The van der Waals surface area contributed by atoms with Gasteiger partial charge in [0.1, 0.15) is 17.1 Å². The van der Waals surface area contributed by atoms with Crippen molar-refractivity contribution >= 4 is 35.3 Å². The van der Waals surface area contributed by atoms with Crippen LogP contribution in [0.15, 0.2) is 31.7 Å². The number of benzene rings is 1. The zero-order valence-electron chi connectivity index (χ0n) is 13.4. The first-order chi connectivity index (χ1) is 11.5. The van der Waals surface area contributed by atoms with Gasteiger partial charge in [0.2, 0.25) is 0 Å². The van der Waals surface area contributed by atoms with Gasteiger partial charge in [-0.25, -0.2) is 10.0 Å². The van der Waals surface area contributed by atoms with Crippen molar-refractivity contribution in [2.24, 2.45) is 0 Å². The fourth-order valence-electron chi connectivity index (χ4n) is 2.66. The van der Waals surface area contributed by atoms with Gasteiger partial charge in [0, 0.05) is 13.1 Å². The van der Waals surface area contributed by atoms with Crippen molar-refractivity contribution in [3.8, 4) is 11.5 Å². The lowest BCUT2D eigenvalue weighted by molar-refractivity contribution is -0.146. The number of hydrogen-bond donors (Lipinski definition) is 2. The SMILES string of the molecule is CCCN1C(=O)C(=C2Sc3c(O)ccc(O)c3S2)C(=O)N1CCC. The number of thioether (sulfide) groups is 2. The minimum atomic E-state index is -0.308. The first-order valence-corrected chi connectivity index (χ1v) is 9.41. The van der Waals surface area contributed by atoms with Crippen LogP contribution in [0.2, 0.25) is 0 Å². The van der Waals surface area contributed by atoms with Gasteiger partial charge in [-0.05, 0) is 25.0 Å². The summed E-state index contributed by atoms with van der Waals surface area (Å²) >= 11 is 2.32. The molecule has 1 aromatic rings. The summed E-state index contributed by atoms with van der Waals surface area (Å²) in [6.07, 6.45) is 1.51. The van der Waals surface area contributed by atoms with E-state index in [-0.39, 0.29) is 28.9 Å². The van der Waals surface area contributed by atoms with Gasteiger partial charge < -0.3 is 10.2 Å². The Kier molecular flexibility index (Phi) is 4.69. The third kappa shape index (κ3) is 2.63. The number of hydrazine groups is 1. The van der Waals surface area contributed by atoms with E-state index in [1.54, 1.807) is 0 Å². The average molecular weight is 366 g/mol. The van der Waals surface area contributed by atoms with E-state index >= 15 is 0 Å². The Morgan fingerprint density at radius 1 is 0.875 bits per heavy atom. The number of aromatic hydroxyl groups is 2. The zero-order valence-corrected chi connectivity index (χ0v) is 15.0. The van der Waals surface area contributed by atoms with E-state index in [2.05, 4.69) is 0 Å². The van der Waals surface area contributed by atoms with Gasteiger partial charge in [0.25, 0.3) is 11.8 Å². The molecule has 0 saturated carbocycles. The zero-order chi connectivity index (χ0) is 17.4. The highest BCUT2D eigenvalue weighted by atomic mass is 32.2. The van der Waals surface area contributed by atoms with E-state index in [4.69, 9.17) is 0 Å². The molecule has 0 aromatic heterocycles. The minimum Gasteiger partial charge on any atom is -0.507 e. The normalized spacial score (nSPS) is 17.2. The summed E-state index contributed by atoms with van der Waals surface area (Å²) in [5.74, 6) is -0.552. The van der Waals surface area contributed by atoms with Crippen LogP contribution in [0.1, 0.15) is 26.7 Å². The summed E-state index contributed by atoms with van der Waals surface area (Å²) in [7, 11) is 0. The Bertz CT molecular complexity index is 689. The monoisotopic (exact) mass is 366 g/mol. The molecule has 0 spiro atoms. The van der Waals surface area contributed by atoms with Gasteiger partial charge in [-0.2, -0.15) is 0 Å². The van der Waals surface area contributed by atoms with Crippen molar-refractivity contribution in [3.05, 3.63) is 21.9 Å². The molecule has 6 nitrogen and oxygen atoms in total. The maximum Gasteiger partial charge on any atom is 0.279 e. The molecule has 1 aromatic carbocycles. The summed E-state index contributed by atoms with van der Waals surface area (Å²) in [5.41, 5.74) is 0.127. The van der Waals surface area contributed by atoms with Crippen molar-refractivity contribution in [3.63, 3.8) is 0 Å². The highest BCUT2D eigenvalue weighted by Gasteiger charge is 2.44. The molecule has 3 rings (SSSR count). The number of carbonyl (C=O) groups excluding carboxylic acids is 2. The van der Waals surface area contributed by atoms with E-state index in [1.165, 1.54) is 22.2 Å². The number of hydrogen-bond acceptors (Lipinski definition) is 6. The van der Waals surface area contributed by atoms with Crippen LogP contribution in [0.25, 0.3) is 0 Å². The van der Waals surface area contributed by atoms with E-state index in [1.807, 2.05) is 13.8 Å². The van der Waals surface area contributed by atoms with Crippen molar-refractivity contribution < 1.29 is 19.8 Å². The Balaban J connectivity index is 2.01. The van der Waals surface area contributed by atoms with Crippen LogP contribution in [0.5, 0.6) is 11.5 Å². The van der Waals surface area contributed by atoms with Crippen LogP contribution < -0.4 is 0 Å². The molecule has 0 unspecified atom stereocenters. The summed E-state index contributed by atoms with van der Waals surface area (Å²) in [6, 6.07) is 2.81. The van der Waals surface area contributed by atoms with Crippen molar-refractivity contribution in [1.82, 2.24) is 10.0 Å². The second-order valence-electron chi connectivity index (χ2n) is 5.49. The number of amides is 2. The predicted octanol–water partition coefficient (Wildman–Crippen LogP) is 2.91. The fraction of sp³-hybridized carbons (Fsp3) is 0.375. The summed E-state index contributed by atoms with van der Waals surface area (Å²) in [4.78, 5) is 26.5. The van der Waals surface area contributed by atoms with E-state index in [0.717, 1.165) is 36.4 Å². The van der Waals surface area contributed by atoms with Gasteiger partial charge in [0.05, 0.1) is 14.0 Å². The van der Waals surface area contributed by atoms with Crippen molar-refractivity contribution in [2.45, 2.75) is 36.5 Å². The average Bonchev–Trinajstić information content (AvgIpc) is 3.08. The molecule has 2 aliphatic heterocycles. The molecule has 0 radical (unpaired) electrons. The van der Waals surface area contributed by atoms with Crippen LogP contribution >= 0.6 is 23.5 Å². The van der Waals surface area contributed by atoms with Gasteiger partial charge in [-0.15, -0.1) is 0 Å². The molecule has 1 saturated heterocycles. The van der Waals surface area contributed by atoms with Crippen LogP contribution in [0.3, 0.4) is 0 Å². The number of fused-ring (bicyclic) bond motifs is 1. The lowest BCUT2D eigenvalue weighted by atomic mass is 10.3. The standard InChI is InChI=1S/C16H18N2O4S2/c1-3-7-17-14(21)11(15(22)18(17)8-4-2)16-23-12-9(19)5-6-10(20)13(12)24-16/h5-6,19-20H,3-4,7-8H2,1-2H3. The largest absolute Gasteiger partial charge is 0.507 e. The van der Waals surface area contributed by atoms with Gasteiger partial charge in [0.15, 0.2) is 0 Å². The molecule has 8 heteroatoms. The minimum absolute atomic E-state index is 0.0321. The van der Waals surface area contributed by atoms with Crippen molar-refractivity contribution in [2.75, 3.05) is 13.1 Å². The molecule has 0 atom stereocenters. The Morgan fingerprint density at radius 3 is 1.67 bits per heavy atom. The Labute approximate surface area is 148 Å². The lowest BCUT2D eigenvalue weighted by Crippen LogP contribution is -2.41. The van der Waals surface area contributed by atoms with Crippen LogP contribution in [-0.2, 0) is 9.59 Å². The van der Waals surface area contributed by atoms with Gasteiger partial charge in [-0.3, -0.25) is 9.59 Å². The number of rotatable bonds is 4. The maximum absolute atomic E-state index is 12.8. The first kappa shape index (κ1) is 17.0. The fourth-order valence-corrected chi connectivity index (χ4v) is 5.24. The molecule has 2 N–H and O–H groups in total. The lowest BCUT2D eigenvalue weighted by Gasteiger charge is -2.26. The molecule has 24 heavy (non-hydrogen) atoms. The van der Waals surface area contributed by atoms with E-state index in [9.17, 15) is 19.8 Å². The molecule has 1 fully saturated rings. The topological polar surface area (TPSA) is 81.1 Å². The molecular formula is C16H18N2O4S2. The number of nitrogens with zero attached hydrogens (tertiary/aromatic N) is 2. The van der Waals surface area contributed by atoms with Crippen LogP contribution in [0, 0.1) is 0 Å². The molecule has 128 valence electrons. The maximum atomic E-state index is 12.8. The number of phenolic OH excluding ortho intramolecular Hbond substituents is 2. The summed E-state index contributed by atoms with van der Waals surface area (Å²) < 4.78 is 0.511. The Hall–Kier alpha value is -1.80. The second-order valence-corrected chi connectivity index (χ2v) is 7.78. The number of carbonyl (C=O) groups is 2. The molecule has 0 bridgehead atoms. The molecule has 2 aliphatic rings. The molecule has 2 heterocycles. The van der Waals surface area contributed by atoms with E-state index in [0.29, 0.717) is 27.1 Å². The van der Waals surface area contributed by atoms with Crippen molar-refractivity contribution in [1.29, 1.82) is 0 Å². The van der Waals surface area contributed by atoms with Gasteiger partial charge >= 0.3 is 0 Å². The number of phenols is 2. The second kappa shape index (κ2) is 6.60.